The molecule has 1 heterocycles. The number of benzene rings is 2. The van der Waals surface area contributed by atoms with Crippen molar-refractivity contribution in [2.24, 2.45) is 0 Å². The smallest absolute Gasteiger partial charge is 0.372 e. The highest BCUT2D eigenvalue weighted by Crippen LogP contribution is 2.24. The number of nitrogens with one attached hydrogen (secondary N) is 1. The molecule has 106 valence electrons. The summed E-state index contributed by atoms with van der Waals surface area (Å²) < 4.78 is 5.35. The molecule has 2 aromatic carbocycles. The molecule has 0 aliphatic carbocycles. The van der Waals surface area contributed by atoms with Crippen LogP contribution in [0, 0.1) is 6.92 Å². The number of hydrogen-bond donors (Lipinski definition) is 2. The Morgan fingerprint density at radius 1 is 1.19 bits per heavy atom. The van der Waals surface area contributed by atoms with Gasteiger partial charge in [0.25, 0.3) is 0 Å². The van der Waals surface area contributed by atoms with Crippen molar-refractivity contribution in [1.82, 2.24) is 0 Å². The van der Waals surface area contributed by atoms with Gasteiger partial charge in [0.05, 0.1) is 6.54 Å². The van der Waals surface area contributed by atoms with Gasteiger partial charge in [0.15, 0.2) is 0 Å². The van der Waals surface area contributed by atoms with Gasteiger partial charge in [-0.15, -0.1) is 0 Å². The Kier molecular flexibility index (Phi) is 3.36. The van der Waals surface area contributed by atoms with E-state index in [2.05, 4.69) is 17.4 Å². The molecule has 4 heteroatoms. The number of carboxylic acid groups (broad SMARTS) is 1. The molecule has 0 saturated heterocycles. The summed E-state index contributed by atoms with van der Waals surface area (Å²) in [6.07, 6.45) is 0. The SMILES string of the molecule is Cc1cc(CNc2cccc3ccccc23)oc1C(=O)O. The maximum Gasteiger partial charge on any atom is 0.372 e. The van der Waals surface area contributed by atoms with Crippen LogP contribution in [0.4, 0.5) is 5.69 Å². The summed E-state index contributed by atoms with van der Waals surface area (Å²) in [6.45, 7) is 2.18. The van der Waals surface area contributed by atoms with E-state index in [1.165, 1.54) is 0 Å². The van der Waals surface area contributed by atoms with Crippen molar-refractivity contribution in [2.75, 3.05) is 5.32 Å². The number of carbonyl (C=O) groups is 1. The number of hydrogen-bond acceptors (Lipinski definition) is 3. The fourth-order valence-electron chi connectivity index (χ4n) is 2.41. The molecule has 0 aliphatic rings. The molecule has 4 nitrogen and oxygen atoms in total. The van der Waals surface area contributed by atoms with Gasteiger partial charge in [-0.25, -0.2) is 4.79 Å². The summed E-state index contributed by atoms with van der Waals surface area (Å²) in [5, 5.41) is 14.6. The van der Waals surface area contributed by atoms with Crippen molar-refractivity contribution in [3.63, 3.8) is 0 Å². The van der Waals surface area contributed by atoms with Crippen molar-refractivity contribution in [3.05, 3.63) is 65.6 Å². The zero-order chi connectivity index (χ0) is 14.8. The van der Waals surface area contributed by atoms with Crippen LogP contribution in [-0.2, 0) is 6.54 Å². The number of anilines is 1. The summed E-state index contributed by atoms with van der Waals surface area (Å²) in [5.74, 6) is -0.425. The van der Waals surface area contributed by atoms with Crippen molar-refractivity contribution < 1.29 is 14.3 Å². The molecular weight excluding hydrogens is 266 g/mol. The summed E-state index contributed by atoms with van der Waals surface area (Å²) in [6, 6.07) is 15.9. The second-order valence-corrected chi connectivity index (χ2v) is 4.91. The first-order valence-electron chi connectivity index (χ1n) is 6.69. The Labute approximate surface area is 122 Å². The third kappa shape index (κ3) is 2.60. The van der Waals surface area contributed by atoms with E-state index in [0.717, 1.165) is 16.5 Å². The Morgan fingerprint density at radius 3 is 2.71 bits per heavy atom. The van der Waals surface area contributed by atoms with Crippen molar-refractivity contribution in [2.45, 2.75) is 13.5 Å². The maximum atomic E-state index is 11.0. The first-order chi connectivity index (χ1) is 10.1. The van der Waals surface area contributed by atoms with E-state index in [0.29, 0.717) is 17.9 Å². The van der Waals surface area contributed by atoms with E-state index in [1.54, 1.807) is 13.0 Å². The Hall–Kier alpha value is -2.75. The van der Waals surface area contributed by atoms with Gasteiger partial charge < -0.3 is 14.8 Å². The minimum absolute atomic E-state index is 0.00437. The fourth-order valence-corrected chi connectivity index (χ4v) is 2.41. The van der Waals surface area contributed by atoms with Crippen molar-refractivity contribution in [3.8, 4) is 0 Å². The van der Waals surface area contributed by atoms with Crippen LogP contribution in [0.25, 0.3) is 10.8 Å². The lowest BCUT2D eigenvalue weighted by molar-refractivity contribution is 0.0659. The Morgan fingerprint density at radius 2 is 1.95 bits per heavy atom. The summed E-state index contributed by atoms with van der Waals surface area (Å²) >= 11 is 0. The van der Waals surface area contributed by atoms with Crippen molar-refractivity contribution in [1.29, 1.82) is 0 Å². The summed E-state index contributed by atoms with van der Waals surface area (Å²) in [7, 11) is 0. The second kappa shape index (κ2) is 5.32. The monoisotopic (exact) mass is 281 g/mol. The number of fused-ring (bicyclic) bond motifs is 1. The zero-order valence-electron chi connectivity index (χ0n) is 11.6. The minimum Gasteiger partial charge on any atom is -0.475 e. The predicted molar refractivity (Wildman–Crippen MR) is 81.7 cm³/mol. The standard InChI is InChI=1S/C17H15NO3/c1-11-9-13(21-16(11)17(19)20)10-18-15-8-4-6-12-5-2-3-7-14(12)15/h2-9,18H,10H2,1H3,(H,19,20). The van der Waals surface area contributed by atoms with Crippen LogP contribution in [0.3, 0.4) is 0 Å². The van der Waals surface area contributed by atoms with Gasteiger partial charge in [0.2, 0.25) is 5.76 Å². The van der Waals surface area contributed by atoms with Crippen LogP contribution >= 0.6 is 0 Å². The third-order valence-electron chi connectivity index (χ3n) is 3.41. The molecule has 0 saturated carbocycles. The van der Waals surface area contributed by atoms with E-state index in [-0.39, 0.29) is 5.76 Å². The van der Waals surface area contributed by atoms with Crippen LogP contribution in [0.5, 0.6) is 0 Å². The second-order valence-electron chi connectivity index (χ2n) is 4.91. The van der Waals surface area contributed by atoms with Crippen LogP contribution in [0.1, 0.15) is 21.9 Å². The number of aromatic carboxylic acids is 1. The van der Waals surface area contributed by atoms with Gasteiger partial charge in [-0.05, 0) is 24.4 Å². The molecule has 0 aliphatic heterocycles. The molecule has 3 aromatic rings. The van der Waals surface area contributed by atoms with Gasteiger partial charge in [-0.1, -0.05) is 36.4 Å². The van der Waals surface area contributed by atoms with Gasteiger partial charge in [-0.3, -0.25) is 0 Å². The molecule has 0 unspecified atom stereocenters. The lowest BCUT2D eigenvalue weighted by Gasteiger charge is -2.08. The summed E-state index contributed by atoms with van der Waals surface area (Å²) in [5.41, 5.74) is 1.64. The van der Waals surface area contributed by atoms with Crippen molar-refractivity contribution >= 4 is 22.4 Å². The average molecular weight is 281 g/mol. The van der Waals surface area contributed by atoms with E-state index in [1.807, 2.05) is 30.3 Å². The molecule has 3 rings (SSSR count). The molecule has 0 fully saturated rings. The Balaban J connectivity index is 1.84. The molecule has 1 aromatic heterocycles. The van der Waals surface area contributed by atoms with Gasteiger partial charge in [0, 0.05) is 16.6 Å². The number of furan rings is 1. The lowest BCUT2D eigenvalue weighted by Crippen LogP contribution is -1.99. The highest BCUT2D eigenvalue weighted by Gasteiger charge is 2.14. The van der Waals surface area contributed by atoms with Crippen LogP contribution in [0.15, 0.2) is 52.9 Å². The van der Waals surface area contributed by atoms with Gasteiger partial charge in [-0.2, -0.15) is 0 Å². The van der Waals surface area contributed by atoms with E-state index < -0.39 is 5.97 Å². The quantitative estimate of drug-likeness (QED) is 0.757. The first kappa shape index (κ1) is 13.2. The molecule has 2 N–H and O–H groups in total. The maximum absolute atomic E-state index is 11.0. The molecule has 0 spiro atoms. The fraction of sp³-hybridized carbons (Fsp3) is 0.118. The number of carboxylic acids is 1. The highest BCUT2D eigenvalue weighted by atomic mass is 16.4. The minimum atomic E-state index is -1.04. The van der Waals surface area contributed by atoms with E-state index in [9.17, 15) is 4.79 Å². The molecule has 0 amide bonds. The van der Waals surface area contributed by atoms with Crippen LogP contribution in [-0.4, -0.2) is 11.1 Å². The van der Waals surface area contributed by atoms with Crippen LogP contribution in [0.2, 0.25) is 0 Å². The number of aryl methyl sites for hydroxylation is 1. The highest BCUT2D eigenvalue weighted by molar-refractivity contribution is 5.93. The molecular formula is C17H15NO3. The topological polar surface area (TPSA) is 62.5 Å². The molecule has 0 radical (unpaired) electrons. The summed E-state index contributed by atoms with van der Waals surface area (Å²) in [4.78, 5) is 11.0. The normalized spacial score (nSPS) is 10.7. The lowest BCUT2D eigenvalue weighted by atomic mass is 10.1. The molecule has 21 heavy (non-hydrogen) atoms. The molecule has 0 bridgehead atoms. The predicted octanol–water partition coefficient (Wildman–Crippen LogP) is 4.05. The van der Waals surface area contributed by atoms with Gasteiger partial charge in [0.1, 0.15) is 5.76 Å². The third-order valence-corrected chi connectivity index (χ3v) is 3.41. The zero-order valence-corrected chi connectivity index (χ0v) is 11.6. The average Bonchev–Trinajstić information content (AvgIpc) is 2.86. The van der Waals surface area contributed by atoms with E-state index >= 15 is 0 Å². The largest absolute Gasteiger partial charge is 0.475 e. The molecule has 0 atom stereocenters. The van der Waals surface area contributed by atoms with Crippen LogP contribution < -0.4 is 5.32 Å². The van der Waals surface area contributed by atoms with Gasteiger partial charge >= 0.3 is 5.97 Å². The Bertz CT molecular complexity index is 799. The first-order valence-corrected chi connectivity index (χ1v) is 6.69. The number of rotatable bonds is 4. The van der Waals surface area contributed by atoms with E-state index in [4.69, 9.17) is 9.52 Å².